The van der Waals surface area contributed by atoms with E-state index in [4.69, 9.17) is 0 Å². The van der Waals surface area contributed by atoms with E-state index in [1.165, 1.54) is 5.56 Å². The topological polar surface area (TPSA) is 24.1 Å². The van der Waals surface area contributed by atoms with Gasteiger partial charge in [0.05, 0.1) is 5.56 Å². The highest BCUT2D eigenvalue weighted by atomic mass is 16.5. The smallest absolute Gasteiger partial charge is 0.264 e. The van der Waals surface area contributed by atoms with Crippen molar-refractivity contribution in [2.75, 3.05) is 0 Å². The average molecular weight is 186 g/mol. The summed E-state index contributed by atoms with van der Waals surface area (Å²) in [5.74, 6) is 0. The fourth-order valence-corrected chi connectivity index (χ4v) is 1.39. The summed E-state index contributed by atoms with van der Waals surface area (Å²) < 4.78 is 1.13. The van der Waals surface area contributed by atoms with E-state index in [2.05, 4.69) is 0 Å². The molecular formula is C12H12NO+. The van der Waals surface area contributed by atoms with Crippen molar-refractivity contribution in [1.29, 1.82) is 0 Å². The van der Waals surface area contributed by atoms with Gasteiger partial charge in [-0.2, -0.15) is 0 Å². The quantitative estimate of drug-likeness (QED) is 0.535. The standard InChI is InChI=1S/C12H12NO/c1-10-5-7-11(8-6-10)12-4-2-3-9-13(12)14/h2-9,14H,1H3/q+1. The number of aromatic nitrogens is 1. The monoisotopic (exact) mass is 186 g/mol. The molecule has 0 fully saturated rings. The van der Waals surface area contributed by atoms with Crippen LogP contribution in [0.2, 0.25) is 0 Å². The van der Waals surface area contributed by atoms with Crippen LogP contribution in [-0.4, -0.2) is 5.21 Å². The van der Waals surface area contributed by atoms with Crippen molar-refractivity contribution in [1.82, 2.24) is 0 Å². The molecule has 0 unspecified atom stereocenters. The molecule has 0 bridgehead atoms. The molecule has 2 heteroatoms. The van der Waals surface area contributed by atoms with Crippen LogP contribution in [0.15, 0.2) is 48.7 Å². The van der Waals surface area contributed by atoms with E-state index in [-0.39, 0.29) is 0 Å². The highest BCUT2D eigenvalue weighted by molar-refractivity contribution is 5.56. The Morgan fingerprint density at radius 3 is 2.36 bits per heavy atom. The lowest BCUT2D eigenvalue weighted by molar-refractivity contribution is -0.896. The molecule has 0 aliphatic rings. The SMILES string of the molecule is Cc1ccc(-c2cccc[n+]2O)cc1. The Morgan fingerprint density at radius 2 is 1.71 bits per heavy atom. The van der Waals surface area contributed by atoms with Crippen LogP contribution in [0.5, 0.6) is 0 Å². The average Bonchev–Trinajstić information content (AvgIpc) is 2.20. The molecule has 0 spiro atoms. The third-order valence-corrected chi connectivity index (χ3v) is 2.19. The van der Waals surface area contributed by atoms with Gasteiger partial charge in [-0.15, -0.1) is 0 Å². The molecule has 0 atom stereocenters. The highest BCUT2D eigenvalue weighted by Gasteiger charge is 2.09. The second kappa shape index (κ2) is 3.50. The molecule has 1 aromatic carbocycles. The number of hydrogen-bond acceptors (Lipinski definition) is 1. The number of rotatable bonds is 1. The molecule has 0 amide bonds. The molecule has 2 rings (SSSR count). The summed E-state index contributed by atoms with van der Waals surface area (Å²) in [6, 6.07) is 13.6. The van der Waals surface area contributed by atoms with E-state index in [1.54, 1.807) is 12.3 Å². The Bertz CT molecular complexity index is 434. The van der Waals surface area contributed by atoms with Gasteiger partial charge in [0.15, 0.2) is 0 Å². The summed E-state index contributed by atoms with van der Waals surface area (Å²) in [7, 11) is 0. The van der Waals surface area contributed by atoms with Crippen molar-refractivity contribution < 1.29 is 9.94 Å². The van der Waals surface area contributed by atoms with Crippen molar-refractivity contribution in [2.24, 2.45) is 0 Å². The van der Waals surface area contributed by atoms with E-state index in [1.807, 2.05) is 43.3 Å². The van der Waals surface area contributed by atoms with Crippen LogP contribution in [0.4, 0.5) is 0 Å². The molecule has 1 N–H and O–H groups in total. The summed E-state index contributed by atoms with van der Waals surface area (Å²) >= 11 is 0. The van der Waals surface area contributed by atoms with Gasteiger partial charge in [0.2, 0.25) is 6.20 Å². The van der Waals surface area contributed by atoms with Gasteiger partial charge in [0.25, 0.3) is 5.69 Å². The molecule has 0 saturated heterocycles. The van der Waals surface area contributed by atoms with E-state index in [0.29, 0.717) is 0 Å². The van der Waals surface area contributed by atoms with Crippen LogP contribution in [0.1, 0.15) is 5.56 Å². The Kier molecular flexibility index (Phi) is 2.19. The van der Waals surface area contributed by atoms with Gasteiger partial charge in [-0.3, -0.25) is 5.21 Å². The summed E-state index contributed by atoms with van der Waals surface area (Å²) in [6.45, 7) is 2.04. The molecule has 0 aliphatic carbocycles. The number of pyridine rings is 1. The first-order chi connectivity index (χ1) is 6.77. The molecule has 0 aliphatic heterocycles. The number of hydrogen-bond donors (Lipinski definition) is 1. The first-order valence-corrected chi connectivity index (χ1v) is 4.54. The number of benzene rings is 1. The summed E-state index contributed by atoms with van der Waals surface area (Å²) in [5, 5.41) is 9.55. The molecule has 1 heterocycles. The normalized spacial score (nSPS) is 10.1. The second-order valence-corrected chi connectivity index (χ2v) is 3.30. The molecule has 14 heavy (non-hydrogen) atoms. The summed E-state index contributed by atoms with van der Waals surface area (Å²) in [4.78, 5) is 0. The molecule has 2 nitrogen and oxygen atoms in total. The number of aryl methyl sites for hydroxylation is 1. The van der Waals surface area contributed by atoms with Crippen molar-refractivity contribution in [3.05, 3.63) is 54.2 Å². The van der Waals surface area contributed by atoms with Crippen LogP contribution < -0.4 is 4.73 Å². The van der Waals surface area contributed by atoms with Gasteiger partial charge in [-0.05, 0) is 25.1 Å². The molecular weight excluding hydrogens is 174 g/mol. The third kappa shape index (κ3) is 1.59. The van der Waals surface area contributed by atoms with Gasteiger partial charge < -0.3 is 0 Å². The van der Waals surface area contributed by atoms with Crippen molar-refractivity contribution >= 4 is 0 Å². The summed E-state index contributed by atoms with van der Waals surface area (Å²) in [6.07, 6.45) is 1.62. The van der Waals surface area contributed by atoms with Gasteiger partial charge in [0, 0.05) is 16.9 Å². The molecule has 70 valence electrons. The summed E-state index contributed by atoms with van der Waals surface area (Å²) in [5.41, 5.74) is 3.03. The maximum absolute atomic E-state index is 9.55. The van der Waals surface area contributed by atoms with Crippen LogP contribution in [0, 0.1) is 6.92 Å². The lowest BCUT2D eigenvalue weighted by Crippen LogP contribution is -2.31. The van der Waals surface area contributed by atoms with Crippen molar-refractivity contribution in [3.63, 3.8) is 0 Å². The maximum Gasteiger partial charge on any atom is 0.264 e. The van der Waals surface area contributed by atoms with Crippen LogP contribution >= 0.6 is 0 Å². The molecule has 2 aromatic rings. The highest BCUT2D eigenvalue weighted by Crippen LogP contribution is 2.14. The minimum atomic E-state index is 0.799. The molecule has 0 radical (unpaired) electrons. The number of nitrogens with zero attached hydrogens (tertiary/aromatic N) is 1. The molecule has 0 saturated carbocycles. The first-order valence-electron chi connectivity index (χ1n) is 4.54. The maximum atomic E-state index is 9.55. The van der Waals surface area contributed by atoms with E-state index >= 15 is 0 Å². The Hall–Kier alpha value is -1.83. The van der Waals surface area contributed by atoms with Crippen LogP contribution in [0.3, 0.4) is 0 Å². The largest absolute Gasteiger partial charge is 0.285 e. The Labute approximate surface area is 83.0 Å². The predicted octanol–water partition coefficient (Wildman–Crippen LogP) is 2.19. The zero-order valence-electron chi connectivity index (χ0n) is 8.01. The fraction of sp³-hybridized carbons (Fsp3) is 0.0833. The zero-order valence-corrected chi connectivity index (χ0v) is 8.01. The van der Waals surface area contributed by atoms with E-state index < -0.39 is 0 Å². The van der Waals surface area contributed by atoms with Gasteiger partial charge in [-0.1, -0.05) is 17.7 Å². The minimum absolute atomic E-state index is 0.799. The van der Waals surface area contributed by atoms with E-state index in [9.17, 15) is 5.21 Å². The van der Waals surface area contributed by atoms with Gasteiger partial charge in [-0.25, -0.2) is 0 Å². The fourth-order valence-electron chi connectivity index (χ4n) is 1.39. The van der Waals surface area contributed by atoms with Crippen molar-refractivity contribution in [3.8, 4) is 11.3 Å². The minimum Gasteiger partial charge on any atom is -0.285 e. The third-order valence-electron chi connectivity index (χ3n) is 2.19. The zero-order chi connectivity index (χ0) is 9.97. The Balaban J connectivity index is 2.50. The van der Waals surface area contributed by atoms with Crippen LogP contribution in [-0.2, 0) is 0 Å². The lowest BCUT2D eigenvalue weighted by atomic mass is 10.1. The molecule has 1 aromatic heterocycles. The van der Waals surface area contributed by atoms with E-state index in [0.717, 1.165) is 16.0 Å². The second-order valence-electron chi connectivity index (χ2n) is 3.30. The van der Waals surface area contributed by atoms with Gasteiger partial charge in [0.1, 0.15) is 0 Å². The first kappa shape index (κ1) is 8.75. The Morgan fingerprint density at radius 1 is 1.00 bits per heavy atom. The van der Waals surface area contributed by atoms with Gasteiger partial charge >= 0.3 is 0 Å². The van der Waals surface area contributed by atoms with Crippen molar-refractivity contribution in [2.45, 2.75) is 6.92 Å². The lowest BCUT2D eigenvalue weighted by Gasteiger charge is -1.97. The van der Waals surface area contributed by atoms with Crippen LogP contribution in [0.25, 0.3) is 11.3 Å². The predicted molar refractivity (Wildman–Crippen MR) is 54.0 cm³/mol.